The van der Waals surface area contributed by atoms with Crippen molar-refractivity contribution in [1.29, 1.82) is 0 Å². The number of ether oxygens (including phenoxy) is 1. The Morgan fingerprint density at radius 2 is 2.07 bits per heavy atom. The van der Waals surface area contributed by atoms with Gasteiger partial charge in [-0.2, -0.15) is 0 Å². The van der Waals surface area contributed by atoms with Gasteiger partial charge in [0.1, 0.15) is 0 Å². The van der Waals surface area contributed by atoms with Gasteiger partial charge in [-0.3, -0.25) is 0 Å². The molecular formula is C12H24O2. The van der Waals surface area contributed by atoms with Crippen molar-refractivity contribution in [2.24, 2.45) is 0 Å². The Morgan fingerprint density at radius 3 is 2.64 bits per heavy atom. The molecule has 1 N–H and O–H groups in total. The van der Waals surface area contributed by atoms with E-state index >= 15 is 0 Å². The Balaban J connectivity index is 3.47. The van der Waals surface area contributed by atoms with Crippen LogP contribution >= 0.6 is 0 Å². The number of rotatable bonds is 9. The molecule has 0 fully saturated rings. The Kier molecular flexibility index (Phi) is 10.5. The molecule has 0 rings (SSSR count). The van der Waals surface area contributed by atoms with Crippen LogP contribution in [0, 0.1) is 0 Å². The Morgan fingerprint density at radius 1 is 1.29 bits per heavy atom. The minimum absolute atomic E-state index is 0.225. The zero-order valence-electron chi connectivity index (χ0n) is 9.54. The van der Waals surface area contributed by atoms with Gasteiger partial charge in [-0.1, -0.05) is 44.8 Å². The summed E-state index contributed by atoms with van der Waals surface area (Å²) in [6.45, 7) is 2.44. The standard InChI is InChI=1S/C12H24O2/c1-3-4-5-6-9-12(14-2)10-7-8-11-13/h7,10,12-13H,3-6,8-9,11H2,1-2H3. The summed E-state index contributed by atoms with van der Waals surface area (Å²) >= 11 is 0. The number of unbranched alkanes of at least 4 members (excludes halogenated alkanes) is 3. The van der Waals surface area contributed by atoms with Gasteiger partial charge >= 0.3 is 0 Å². The molecule has 0 aliphatic carbocycles. The fraction of sp³-hybridized carbons (Fsp3) is 0.833. The summed E-state index contributed by atoms with van der Waals surface area (Å²) in [6, 6.07) is 0. The van der Waals surface area contributed by atoms with Crippen molar-refractivity contribution >= 4 is 0 Å². The molecule has 0 aromatic carbocycles. The zero-order valence-corrected chi connectivity index (χ0v) is 9.54. The smallest absolute Gasteiger partial charge is 0.0752 e. The molecule has 0 heterocycles. The number of methoxy groups -OCH3 is 1. The van der Waals surface area contributed by atoms with Crippen LogP contribution in [-0.4, -0.2) is 24.9 Å². The van der Waals surface area contributed by atoms with Crippen LogP contribution in [0.15, 0.2) is 12.2 Å². The first-order valence-corrected chi connectivity index (χ1v) is 5.65. The van der Waals surface area contributed by atoms with E-state index in [0.29, 0.717) is 0 Å². The first-order valence-electron chi connectivity index (χ1n) is 5.65. The van der Waals surface area contributed by atoms with Crippen LogP contribution < -0.4 is 0 Å². The lowest BCUT2D eigenvalue weighted by Crippen LogP contribution is -2.06. The van der Waals surface area contributed by atoms with Crippen LogP contribution in [0.25, 0.3) is 0 Å². The lowest BCUT2D eigenvalue weighted by atomic mass is 10.1. The van der Waals surface area contributed by atoms with Crippen LogP contribution in [0.5, 0.6) is 0 Å². The van der Waals surface area contributed by atoms with Gasteiger partial charge in [0.2, 0.25) is 0 Å². The number of hydrogen-bond donors (Lipinski definition) is 1. The first kappa shape index (κ1) is 13.7. The molecule has 1 atom stereocenters. The van der Waals surface area contributed by atoms with Crippen LogP contribution in [0.1, 0.15) is 45.4 Å². The van der Waals surface area contributed by atoms with E-state index in [9.17, 15) is 0 Å². The van der Waals surface area contributed by atoms with Crippen LogP contribution in [0.4, 0.5) is 0 Å². The van der Waals surface area contributed by atoms with Crippen molar-refractivity contribution in [2.75, 3.05) is 13.7 Å². The summed E-state index contributed by atoms with van der Waals surface area (Å²) in [6.07, 6.45) is 11.2. The maximum absolute atomic E-state index is 8.61. The van der Waals surface area contributed by atoms with E-state index < -0.39 is 0 Å². The van der Waals surface area contributed by atoms with Crippen molar-refractivity contribution in [3.63, 3.8) is 0 Å². The molecule has 0 aliphatic rings. The van der Waals surface area contributed by atoms with Crippen molar-refractivity contribution in [1.82, 2.24) is 0 Å². The van der Waals surface area contributed by atoms with Crippen LogP contribution in [0.3, 0.4) is 0 Å². The molecule has 0 bridgehead atoms. The van der Waals surface area contributed by atoms with E-state index in [4.69, 9.17) is 9.84 Å². The second-order valence-electron chi connectivity index (χ2n) is 3.56. The van der Waals surface area contributed by atoms with E-state index in [1.165, 1.54) is 25.7 Å². The average molecular weight is 200 g/mol. The van der Waals surface area contributed by atoms with Crippen LogP contribution in [-0.2, 0) is 4.74 Å². The van der Waals surface area contributed by atoms with E-state index in [1.807, 2.05) is 6.08 Å². The minimum atomic E-state index is 0.225. The third-order valence-electron chi connectivity index (χ3n) is 2.29. The largest absolute Gasteiger partial charge is 0.396 e. The van der Waals surface area contributed by atoms with Gasteiger partial charge in [0, 0.05) is 13.7 Å². The van der Waals surface area contributed by atoms with Gasteiger partial charge in [-0.15, -0.1) is 0 Å². The van der Waals surface area contributed by atoms with Gasteiger partial charge in [0.15, 0.2) is 0 Å². The predicted molar refractivity (Wildman–Crippen MR) is 60.4 cm³/mol. The fourth-order valence-corrected chi connectivity index (χ4v) is 1.39. The maximum Gasteiger partial charge on any atom is 0.0752 e. The normalized spacial score (nSPS) is 13.6. The molecule has 1 unspecified atom stereocenters. The lowest BCUT2D eigenvalue weighted by molar-refractivity contribution is 0.130. The molecule has 2 nitrogen and oxygen atoms in total. The third kappa shape index (κ3) is 8.27. The zero-order chi connectivity index (χ0) is 10.6. The maximum atomic E-state index is 8.61. The predicted octanol–water partition coefficient (Wildman–Crippen LogP) is 2.91. The molecule has 14 heavy (non-hydrogen) atoms. The van der Waals surface area contributed by atoms with Crippen LogP contribution in [0.2, 0.25) is 0 Å². The fourth-order valence-electron chi connectivity index (χ4n) is 1.39. The molecule has 0 aromatic rings. The molecule has 0 amide bonds. The lowest BCUT2D eigenvalue weighted by Gasteiger charge is -2.10. The number of aliphatic hydroxyl groups excluding tert-OH is 1. The molecule has 84 valence electrons. The molecule has 0 radical (unpaired) electrons. The van der Waals surface area contributed by atoms with Crippen molar-refractivity contribution in [3.8, 4) is 0 Å². The highest BCUT2D eigenvalue weighted by Crippen LogP contribution is 2.08. The Bertz CT molecular complexity index is 132. The SMILES string of the molecule is CCCCCCC(C=CCCO)OC. The number of aliphatic hydroxyl groups is 1. The van der Waals surface area contributed by atoms with Gasteiger partial charge < -0.3 is 9.84 Å². The van der Waals surface area contributed by atoms with E-state index in [0.717, 1.165) is 12.8 Å². The first-order chi connectivity index (χ1) is 6.85. The van der Waals surface area contributed by atoms with E-state index in [1.54, 1.807) is 7.11 Å². The molecular weight excluding hydrogens is 176 g/mol. The molecule has 2 heteroatoms. The average Bonchev–Trinajstić information content (AvgIpc) is 2.22. The summed E-state index contributed by atoms with van der Waals surface area (Å²) in [5.41, 5.74) is 0. The van der Waals surface area contributed by atoms with Gasteiger partial charge in [0.25, 0.3) is 0 Å². The molecule has 0 aromatic heterocycles. The van der Waals surface area contributed by atoms with Crippen molar-refractivity contribution in [3.05, 3.63) is 12.2 Å². The Hall–Kier alpha value is -0.340. The molecule has 0 saturated heterocycles. The van der Waals surface area contributed by atoms with E-state index in [-0.39, 0.29) is 12.7 Å². The molecule has 0 saturated carbocycles. The summed E-state index contributed by atoms with van der Waals surface area (Å²) in [5.74, 6) is 0. The Labute approximate surface area is 88.0 Å². The summed E-state index contributed by atoms with van der Waals surface area (Å²) < 4.78 is 5.31. The quantitative estimate of drug-likeness (QED) is 0.458. The topological polar surface area (TPSA) is 29.5 Å². The second-order valence-corrected chi connectivity index (χ2v) is 3.56. The highest BCUT2D eigenvalue weighted by molar-refractivity contribution is 4.89. The van der Waals surface area contributed by atoms with Gasteiger partial charge in [-0.05, 0) is 12.8 Å². The van der Waals surface area contributed by atoms with Gasteiger partial charge in [-0.25, -0.2) is 0 Å². The third-order valence-corrected chi connectivity index (χ3v) is 2.29. The monoisotopic (exact) mass is 200 g/mol. The summed E-state index contributed by atoms with van der Waals surface area (Å²) in [5, 5.41) is 8.61. The van der Waals surface area contributed by atoms with Gasteiger partial charge in [0.05, 0.1) is 6.10 Å². The second kappa shape index (κ2) is 10.7. The highest BCUT2D eigenvalue weighted by atomic mass is 16.5. The molecule has 0 spiro atoms. The van der Waals surface area contributed by atoms with E-state index in [2.05, 4.69) is 13.0 Å². The van der Waals surface area contributed by atoms with Crippen molar-refractivity contribution in [2.45, 2.75) is 51.6 Å². The molecule has 0 aliphatic heterocycles. The highest BCUT2D eigenvalue weighted by Gasteiger charge is 2.01. The van der Waals surface area contributed by atoms with Crippen molar-refractivity contribution < 1.29 is 9.84 Å². The number of hydrogen-bond acceptors (Lipinski definition) is 2. The summed E-state index contributed by atoms with van der Waals surface area (Å²) in [7, 11) is 1.74. The minimum Gasteiger partial charge on any atom is -0.396 e. The summed E-state index contributed by atoms with van der Waals surface area (Å²) in [4.78, 5) is 0.